The molecule has 1 nitrogen and oxygen atoms in total. The summed E-state index contributed by atoms with van der Waals surface area (Å²) in [5.41, 5.74) is 2.96. The van der Waals surface area contributed by atoms with Crippen LogP contribution in [-0.2, 0) is 0 Å². The fraction of sp³-hybridized carbons (Fsp3) is 0.0625. The molecule has 0 aliphatic carbocycles. The van der Waals surface area contributed by atoms with Crippen molar-refractivity contribution in [1.82, 2.24) is 0 Å². The first-order valence-corrected chi connectivity index (χ1v) is 6.50. The summed E-state index contributed by atoms with van der Waals surface area (Å²) < 4.78 is 1.07. The summed E-state index contributed by atoms with van der Waals surface area (Å²) in [5.74, 6) is 0.0938. The van der Waals surface area contributed by atoms with Crippen molar-refractivity contribution in [3.63, 3.8) is 0 Å². The second kappa shape index (κ2) is 5.78. The van der Waals surface area contributed by atoms with Crippen molar-refractivity contribution in [2.75, 3.05) is 0 Å². The highest BCUT2D eigenvalue weighted by Crippen LogP contribution is 2.18. The molecule has 0 unspecified atom stereocenters. The van der Waals surface area contributed by atoms with E-state index in [9.17, 15) is 4.79 Å². The van der Waals surface area contributed by atoms with E-state index in [1.54, 1.807) is 6.92 Å². The molecule has 0 N–H and O–H groups in total. The quantitative estimate of drug-likeness (QED) is 0.586. The Hall–Kier alpha value is -1.67. The predicted octanol–water partition coefficient (Wildman–Crippen LogP) is 4.82. The van der Waals surface area contributed by atoms with Gasteiger partial charge in [0.1, 0.15) is 0 Å². The number of carbonyl (C=O) groups is 1. The van der Waals surface area contributed by atoms with Crippen LogP contribution in [0.25, 0.3) is 12.2 Å². The molecule has 0 fully saturated rings. The van der Waals surface area contributed by atoms with Gasteiger partial charge < -0.3 is 0 Å². The predicted molar refractivity (Wildman–Crippen MR) is 79.5 cm³/mol. The fourth-order valence-corrected chi connectivity index (χ4v) is 2.04. The van der Waals surface area contributed by atoms with Crippen molar-refractivity contribution < 1.29 is 4.79 Å². The Morgan fingerprint density at radius 1 is 1.00 bits per heavy atom. The zero-order valence-corrected chi connectivity index (χ0v) is 11.6. The molecule has 0 atom stereocenters. The van der Waals surface area contributed by atoms with E-state index in [1.807, 2.05) is 60.7 Å². The first kappa shape index (κ1) is 12.8. The van der Waals surface area contributed by atoms with Crippen LogP contribution in [0.2, 0.25) is 0 Å². The summed E-state index contributed by atoms with van der Waals surface area (Å²) in [5, 5.41) is 0. The summed E-state index contributed by atoms with van der Waals surface area (Å²) in [4.78, 5) is 11.2. The average Bonchev–Trinajstić information content (AvgIpc) is 2.38. The van der Waals surface area contributed by atoms with Gasteiger partial charge in [0.05, 0.1) is 0 Å². The Bertz CT molecular complexity index is 582. The number of hydrogen-bond donors (Lipinski definition) is 0. The van der Waals surface area contributed by atoms with E-state index in [2.05, 4.69) is 15.9 Å². The summed E-state index contributed by atoms with van der Waals surface area (Å²) in [7, 11) is 0. The highest BCUT2D eigenvalue weighted by Gasteiger charge is 1.97. The van der Waals surface area contributed by atoms with E-state index < -0.39 is 0 Å². The van der Waals surface area contributed by atoms with Crippen LogP contribution in [0.4, 0.5) is 0 Å². The summed E-state index contributed by atoms with van der Waals surface area (Å²) in [6.45, 7) is 1.58. The normalized spacial score (nSPS) is 10.8. The molecule has 0 saturated carbocycles. The van der Waals surface area contributed by atoms with E-state index in [1.165, 1.54) is 0 Å². The van der Waals surface area contributed by atoms with Crippen LogP contribution >= 0.6 is 15.9 Å². The van der Waals surface area contributed by atoms with Crippen LogP contribution < -0.4 is 0 Å². The van der Waals surface area contributed by atoms with Gasteiger partial charge in [-0.05, 0) is 24.1 Å². The fourth-order valence-electron chi connectivity index (χ4n) is 1.63. The van der Waals surface area contributed by atoms with Gasteiger partial charge in [0.25, 0.3) is 0 Å². The number of ketones is 1. The van der Waals surface area contributed by atoms with Gasteiger partial charge in [0.15, 0.2) is 5.78 Å². The van der Waals surface area contributed by atoms with Gasteiger partial charge in [-0.25, -0.2) is 0 Å². The molecule has 0 saturated heterocycles. The second-order valence-corrected chi connectivity index (χ2v) is 4.89. The molecule has 18 heavy (non-hydrogen) atoms. The lowest BCUT2D eigenvalue weighted by molar-refractivity contribution is 0.101. The maximum absolute atomic E-state index is 11.2. The Kier molecular flexibility index (Phi) is 4.11. The largest absolute Gasteiger partial charge is 0.295 e. The van der Waals surface area contributed by atoms with E-state index >= 15 is 0 Å². The maximum atomic E-state index is 11.2. The van der Waals surface area contributed by atoms with Crippen LogP contribution in [-0.4, -0.2) is 5.78 Å². The molecule has 0 aliphatic heterocycles. The molecule has 0 bridgehead atoms. The maximum Gasteiger partial charge on any atom is 0.159 e. The SMILES string of the molecule is CC(=O)c1ccc(C=Cc2ccccc2Br)cc1. The lowest BCUT2D eigenvalue weighted by Gasteiger charge is -1.99. The van der Waals surface area contributed by atoms with Gasteiger partial charge >= 0.3 is 0 Å². The smallest absolute Gasteiger partial charge is 0.159 e. The van der Waals surface area contributed by atoms with E-state index in [0.717, 1.165) is 21.2 Å². The van der Waals surface area contributed by atoms with E-state index in [0.29, 0.717) is 0 Å². The molecule has 2 rings (SSSR count). The van der Waals surface area contributed by atoms with Gasteiger partial charge in [-0.2, -0.15) is 0 Å². The first-order chi connectivity index (χ1) is 8.66. The molecule has 0 aliphatic rings. The minimum absolute atomic E-state index is 0.0938. The zero-order valence-electron chi connectivity index (χ0n) is 10.1. The minimum atomic E-state index is 0.0938. The lowest BCUT2D eigenvalue weighted by atomic mass is 10.1. The monoisotopic (exact) mass is 300 g/mol. The Morgan fingerprint density at radius 2 is 1.67 bits per heavy atom. The molecular formula is C16H13BrO. The number of hydrogen-bond acceptors (Lipinski definition) is 1. The van der Waals surface area contributed by atoms with E-state index in [-0.39, 0.29) is 5.78 Å². The first-order valence-electron chi connectivity index (χ1n) is 5.70. The van der Waals surface area contributed by atoms with Crippen LogP contribution in [0.1, 0.15) is 28.4 Å². The van der Waals surface area contributed by atoms with Crippen molar-refractivity contribution in [3.05, 3.63) is 69.7 Å². The highest BCUT2D eigenvalue weighted by atomic mass is 79.9. The molecule has 0 heterocycles. The van der Waals surface area contributed by atoms with Gasteiger partial charge in [0, 0.05) is 10.0 Å². The molecule has 0 radical (unpaired) electrons. The summed E-state index contributed by atoms with van der Waals surface area (Å²) in [6.07, 6.45) is 4.08. The van der Waals surface area contributed by atoms with Crippen LogP contribution in [0.3, 0.4) is 0 Å². The zero-order chi connectivity index (χ0) is 13.0. The Labute approximate surface area is 115 Å². The van der Waals surface area contributed by atoms with Crippen molar-refractivity contribution in [2.24, 2.45) is 0 Å². The van der Waals surface area contributed by atoms with Crippen LogP contribution in [0.5, 0.6) is 0 Å². The molecule has 90 valence electrons. The molecule has 2 heteroatoms. The number of rotatable bonds is 3. The minimum Gasteiger partial charge on any atom is -0.295 e. The number of carbonyl (C=O) groups excluding carboxylic acids is 1. The third kappa shape index (κ3) is 3.17. The van der Waals surface area contributed by atoms with Crippen LogP contribution in [0.15, 0.2) is 53.0 Å². The van der Waals surface area contributed by atoms with Crippen LogP contribution in [0, 0.1) is 0 Å². The van der Waals surface area contributed by atoms with Crippen molar-refractivity contribution in [3.8, 4) is 0 Å². The van der Waals surface area contributed by atoms with Gasteiger partial charge in [-0.15, -0.1) is 0 Å². The third-order valence-corrected chi connectivity index (χ3v) is 3.40. The number of halogens is 1. The molecular weight excluding hydrogens is 288 g/mol. The van der Waals surface area contributed by atoms with Gasteiger partial charge in [0.2, 0.25) is 0 Å². The average molecular weight is 301 g/mol. The third-order valence-electron chi connectivity index (χ3n) is 2.68. The standard InChI is InChI=1S/C16H13BrO/c1-12(18)14-9-6-13(7-10-14)8-11-15-4-2-3-5-16(15)17/h2-11H,1H3. The Balaban J connectivity index is 2.19. The van der Waals surface area contributed by atoms with Crippen molar-refractivity contribution in [2.45, 2.75) is 6.92 Å². The lowest BCUT2D eigenvalue weighted by Crippen LogP contribution is -1.90. The summed E-state index contributed by atoms with van der Waals surface area (Å²) in [6, 6.07) is 15.6. The van der Waals surface area contributed by atoms with Gasteiger partial charge in [-0.3, -0.25) is 4.79 Å². The topological polar surface area (TPSA) is 17.1 Å². The molecule has 2 aromatic rings. The summed E-state index contributed by atoms with van der Waals surface area (Å²) >= 11 is 3.50. The molecule has 0 amide bonds. The van der Waals surface area contributed by atoms with E-state index in [4.69, 9.17) is 0 Å². The second-order valence-electron chi connectivity index (χ2n) is 4.03. The molecule has 0 spiro atoms. The number of Topliss-reactive ketones (excluding diaryl/α,β-unsaturated/α-hetero) is 1. The molecule has 0 aromatic heterocycles. The molecule has 2 aromatic carbocycles. The highest BCUT2D eigenvalue weighted by molar-refractivity contribution is 9.10. The van der Waals surface area contributed by atoms with Gasteiger partial charge in [-0.1, -0.05) is 70.5 Å². The van der Waals surface area contributed by atoms with Crippen molar-refractivity contribution in [1.29, 1.82) is 0 Å². The number of benzene rings is 2. The Morgan fingerprint density at radius 3 is 2.28 bits per heavy atom. The van der Waals surface area contributed by atoms with Crippen molar-refractivity contribution >= 4 is 33.9 Å².